The molecular formula is C15H8F4O. The highest BCUT2D eigenvalue weighted by Gasteiger charge is 2.12. The molecule has 0 fully saturated rings. The Bertz CT molecular complexity index is 675. The third-order valence-electron chi connectivity index (χ3n) is 2.68. The van der Waals surface area contributed by atoms with Crippen molar-refractivity contribution < 1.29 is 22.4 Å². The molecule has 0 aliphatic rings. The number of allylic oxidation sites excluding steroid dienone is 1. The van der Waals surface area contributed by atoms with E-state index < -0.39 is 23.3 Å². The second-order valence-corrected chi connectivity index (χ2v) is 3.99. The summed E-state index contributed by atoms with van der Waals surface area (Å²) in [5.74, 6) is -4.79. The monoisotopic (exact) mass is 280 g/mol. The first-order valence-electron chi connectivity index (χ1n) is 5.59. The number of carbonyl (C=O) groups excluding carboxylic acids is 1. The molecule has 2 aromatic rings. The highest BCUT2D eigenvalue weighted by molar-refractivity contribution is 6.13. The maximum absolute atomic E-state index is 13.5. The van der Waals surface area contributed by atoms with Crippen LogP contribution in [0.1, 0.15) is 11.1 Å². The van der Waals surface area contributed by atoms with Crippen molar-refractivity contribution in [2.24, 2.45) is 0 Å². The van der Waals surface area contributed by atoms with Crippen LogP contribution in [0.4, 0.5) is 17.6 Å². The van der Waals surface area contributed by atoms with E-state index in [1.165, 1.54) is 12.1 Å². The van der Waals surface area contributed by atoms with Gasteiger partial charge >= 0.3 is 0 Å². The molecule has 2 aromatic carbocycles. The number of halogens is 4. The highest BCUT2D eigenvalue weighted by atomic mass is 19.2. The van der Waals surface area contributed by atoms with Crippen LogP contribution in [0.3, 0.4) is 0 Å². The minimum Gasteiger partial charge on any atom is -0.298 e. The van der Waals surface area contributed by atoms with Crippen molar-refractivity contribution >= 4 is 17.9 Å². The average molecular weight is 280 g/mol. The molecule has 0 radical (unpaired) electrons. The molecule has 0 aliphatic heterocycles. The van der Waals surface area contributed by atoms with Crippen LogP contribution in [-0.4, -0.2) is 6.29 Å². The quantitative estimate of drug-likeness (QED) is 0.273. The van der Waals surface area contributed by atoms with E-state index in [-0.39, 0.29) is 11.1 Å². The lowest BCUT2D eigenvalue weighted by Gasteiger charge is -2.03. The number of aldehydes is 1. The van der Waals surface area contributed by atoms with Crippen molar-refractivity contribution in [1.82, 2.24) is 0 Å². The molecule has 0 heterocycles. The van der Waals surface area contributed by atoms with E-state index in [1.807, 2.05) is 0 Å². The number of hydrogen-bond donors (Lipinski definition) is 0. The van der Waals surface area contributed by atoms with Crippen LogP contribution in [0.15, 0.2) is 36.4 Å². The van der Waals surface area contributed by atoms with Gasteiger partial charge in [0.1, 0.15) is 5.82 Å². The van der Waals surface area contributed by atoms with Crippen molar-refractivity contribution in [1.29, 1.82) is 0 Å². The summed E-state index contributed by atoms with van der Waals surface area (Å²) >= 11 is 0. The first kappa shape index (κ1) is 14.0. The minimum atomic E-state index is -1.61. The molecule has 1 nitrogen and oxygen atoms in total. The van der Waals surface area contributed by atoms with Gasteiger partial charge in [-0.3, -0.25) is 4.79 Å². The Labute approximate surface area is 112 Å². The molecule has 0 N–H and O–H groups in total. The van der Waals surface area contributed by atoms with Crippen molar-refractivity contribution in [2.75, 3.05) is 0 Å². The van der Waals surface area contributed by atoms with Gasteiger partial charge in [0.05, 0.1) is 0 Å². The van der Waals surface area contributed by atoms with Gasteiger partial charge in [0.25, 0.3) is 0 Å². The van der Waals surface area contributed by atoms with Crippen LogP contribution >= 0.6 is 0 Å². The van der Waals surface area contributed by atoms with E-state index in [0.29, 0.717) is 11.8 Å². The average Bonchev–Trinajstić information content (AvgIpc) is 2.45. The second kappa shape index (κ2) is 5.69. The van der Waals surface area contributed by atoms with Gasteiger partial charge in [-0.2, -0.15) is 0 Å². The van der Waals surface area contributed by atoms with Gasteiger partial charge in [0.15, 0.2) is 23.7 Å². The van der Waals surface area contributed by atoms with Gasteiger partial charge < -0.3 is 0 Å². The smallest absolute Gasteiger partial charge is 0.195 e. The van der Waals surface area contributed by atoms with Crippen molar-refractivity contribution in [3.8, 4) is 0 Å². The van der Waals surface area contributed by atoms with Crippen LogP contribution in [-0.2, 0) is 4.79 Å². The predicted octanol–water partition coefficient (Wildman–Crippen LogP) is 3.98. The molecule has 0 saturated heterocycles. The Morgan fingerprint density at radius 3 is 2.10 bits per heavy atom. The molecule has 0 aromatic heterocycles. The Hall–Kier alpha value is -2.43. The number of benzene rings is 2. The first-order valence-corrected chi connectivity index (χ1v) is 5.59. The molecule has 102 valence electrons. The molecule has 0 unspecified atom stereocenters. The van der Waals surface area contributed by atoms with Crippen LogP contribution in [0, 0.1) is 23.3 Å². The zero-order chi connectivity index (χ0) is 14.7. The summed E-state index contributed by atoms with van der Waals surface area (Å²) in [6, 6.07) is 6.70. The highest BCUT2D eigenvalue weighted by Crippen LogP contribution is 2.21. The Morgan fingerprint density at radius 1 is 0.850 bits per heavy atom. The number of hydrogen-bond acceptors (Lipinski definition) is 1. The molecule has 5 heteroatoms. The lowest BCUT2D eigenvalue weighted by Crippen LogP contribution is -1.95. The summed E-state index contributed by atoms with van der Waals surface area (Å²) in [5, 5.41) is 0. The zero-order valence-corrected chi connectivity index (χ0v) is 10.0. The summed E-state index contributed by atoms with van der Waals surface area (Å²) in [6.07, 6.45) is 1.49. The summed E-state index contributed by atoms with van der Waals surface area (Å²) < 4.78 is 52.2. The first-order chi connectivity index (χ1) is 9.52. The largest absolute Gasteiger partial charge is 0.298 e. The van der Waals surface area contributed by atoms with Crippen LogP contribution < -0.4 is 0 Å². The topological polar surface area (TPSA) is 17.1 Å². The summed E-state index contributed by atoms with van der Waals surface area (Å²) in [5.41, 5.74) is 0.0933. The van der Waals surface area contributed by atoms with Gasteiger partial charge in [-0.1, -0.05) is 12.1 Å². The van der Waals surface area contributed by atoms with Crippen molar-refractivity contribution in [3.05, 3.63) is 70.8 Å². The molecule has 2 rings (SSSR count). The van der Waals surface area contributed by atoms with Gasteiger partial charge in [-0.15, -0.1) is 0 Å². The molecule has 0 amide bonds. The van der Waals surface area contributed by atoms with Gasteiger partial charge in [-0.05, 0) is 35.9 Å². The standard InChI is InChI=1S/C15H8F4O/c16-12-4-1-9(2-5-12)11(8-20)7-10-3-6-13(17)15(19)14(10)18/h1-8H. The van der Waals surface area contributed by atoms with Crippen LogP contribution in [0.5, 0.6) is 0 Å². The lowest BCUT2D eigenvalue weighted by molar-refractivity contribution is -0.103. The van der Waals surface area contributed by atoms with Crippen LogP contribution in [0.25, 0.3) is 11.6 Å². The second-order valence-electron chi connectivity index (χ2n) is 3.99. The fraction of sp³-hybridized carbons (Fsp3) is 0. The fourth-order valence-corrected chi connectivity index (χ4v) is 1.65. The maximum Gasteiger partial charge on any atom is 0.195 e. The van der Waals surface area contributed by atoms with Gasteiger partial charge in [0, 0.05) is 11.1 Å². The van der Waals surface area contributed by atoms with E-state index in [4.69, 9.17) is 0 Å². The molecule has 0 aliphatic carbocycles. The van der Waals surface area contributed by atoms with E-state index in [2.05, 4.69) is 0 Å². The molecule has 0 atom stereocenters. The lowest BCUT2D eigenvalue weighted by atomic mass is 10.0. The maximum atomic E-state index is 13.5. The molecule has 0 spiro atoms. The van der Waals surface area contributed by atoms with Crippen molar-refractivity contribution in [2.45, 2.75) is 0 Å². The summed E-state index contributed by atoms with van der Waals surface area (Å²) in [7, 11) is 0. The summed E-state index contributed by atoms with van der Waals surface area (Å²) in [4.78, 5) is 11.0. The third-order valence-corrected chi connectivity index (χ3v) is 2.68. The fourth-order valence-electron chi connectivity index (χ4n) is 1.65. The Morgan fingerprint density at radius 2 is 1.50 bits per heavy atom. The molecule has 0 bridgehead atoms. The Kier molecular flexibility index (Phi) is 3.98. The molecule has 0 saturated carbocycles. The van der Waals surface area contributed by atoms with E-state index in [0.717, 1.165) is 30.3 Å². The normalized spacial score (nSPS) is 11.5. The SMILES string of the molecule is O=CC(=Cc1ccc(F)c(F)c1F)c1ccc(F)cc1. The van der Waals surface area contributed by atoms with E-state index >= 15 is 0 Å². The summed E-state index contributed by atoms with van der Waals surface area (Å²) in [6.45, 7) is 0. The van der Waals surface area contributed by atoms with E-state index in [1.54, 1.807) is 0 Å². The van der Waals surface area contributed by atoms with E-state index in [9.17, 15) is 22.4 Å². The number of carbonyl (C=O) groups is 1. The Balaban J connectivity index is 2.49. The number of rotatable bonds is 3. The minimum absolute atomic E-state index is 0.0231. The van der Waals surface area contributed by atoms with Gasteiger partial charge in [-0.25, -0.2) is 17.6 Å². The van der Waals surface area contributed by atoms with Crippen LogP contribution in [0.2, 0.25) is 0 Å². The zero-order valence-electron chi connectivity index (χ0n) is 10.0. The van der Waals surface area contributed by atoms with Gasteiger partial charge in [0.2, 0.25) is 0 Å². The molecular weight excluding hydrogens is 272 g/mol. The third kappa shape index (κ3) is 2.77. The molecule has 20 heavy (non-hydrogen) atoms. The van der Waals surface area contributed by atoms with Crippen molar-refractivity contribution in [3.63, 3.8) is 0 Å². The predicted molar refractivity (Wildman–Crippen MR) is 66.7 cm³/mol.